The number of carbonyl (C=O) groups excluding carboxylic acids is 1. The first kappa shape index (κ1) is 25.9. The first-order valence-corrected chi connectivity index (χ1v) is 12.3. The molecule has 4 rings (SSSR count). The summed E-state index contributed by atoms with van der Waals surface area (Å²) in [5.74, 6) is -0.624. The zero-order valence-electron chi connectivity index (χ0n) is 20.8. The third-order valence-electron chi connectivity index (χ3n) is 6.44. The highest BCUT2D eigenvalue weighted by molar-refractivity contribution is 5.95. The molecule has 0 radical (unpaired) electrons. The first-order valence-electron chi connectivity index (χ1n) is 12.3. The summed E-state index contributed by atoms with van der Waals surface area (Å²) in [6, 6.07) is 21.4. The largest absolute Gasteiger partial charge is 0.494 e. The Balaban J connectivity index is 1.49. The molecule has 1 heterocycles. The molecule has 0 saturated heterocycles. The molecular weight excluding hydrogens is 469 g/mol. The third-order valence-corrected chi connectivity index (χ3v) is 6.44. The number of nitrogens with zero attached hydrogens (tertiary/aromatic N) is 2. The molecular formula is C30H30FN3O3. The zero-order valence-corrected chi connectivity index (χ0v) is 20.8. The van der Waals surface area contributed by atoms with Crippen molar-refractivity contribution in [2.75, 3.05) is 13.7 Å². The van der Waals surface area contributed by atoms with Crippen molar-refractivity contribution in [1.29, 1.82) is 5.26 Å². The minimum Gasteiger partial charge on any atom is -0.494 e. The second-order valence-electron chi connectivity index (χ2n) is 8.97. The van der Waals surface area contributed by atoms with Gasteiger partial charge in [-0.05, 0) is 66.3 Å². The topological polar surface area (TPSA) is 87.3 Å². The fourth-order valence-corrected chi connectivity index (χ4v) is 4.54. The van der Waals surface area contributed by atoms with Crippen molar-refractivity contribution in [3.8, 4) is 22.9 Å². The standard InChI is InChI=1S/C30H30FN3O3/c1-37-29-13-12-22(18-27(29)31)21-8-7-9-23(16-21)30(36)33-25(20-35)17-24-19-34(15-6-2-5-14-32)28-11-4-3-10-26(24)28/h3-4,7-13,16,18-19,25,35H,2,5-6,15,17,20H2,1H3,(H,33,36)/t25-/m1/s1. The van der Waals surface area contributed by atoms with E-state index in [-0.39, 0.29) is 18.3 Å². The summed E-state index contributed by atoms with van der Waals surface area (Å²) in [4.78, 5) is 13.1. The minimum absolute atomic E-state index is 0.159. The van der Waals surface area contributed by atoms with Crippen LogP contribution in [0.1, 0.15) is 35.2 Å². The number of unbranched alkanes of at least 4 members (excludes halogenated alkanes) is 2. The van der Waals surface area contributed by atoms with Crippen molar-refractivity contribution in [1.82, 2.24) is 9.88 Å². The highest BCUT2D eigenvalue weighted by Crippen LogP contribution is 2.27. The molecule has 3 aromatic carbocycles. The lowest BCUT2D eigenvalue weighted by molar-refractivity contribution is 0.0916. The number of methoxy groups -OCH3 is 1. The SMILES string of the molecule is COc1ccc(-c2cccc(C(=O)N[C@@H](CO)Cc3cn(CCCCC#N)c4ccccc34)c2)cc1F. The monoisotopic (exact) mass is 499 g/mol. The maximum atomic E-state index is 14.2. The Labute approximate surface area is 215 Å². The lowest BCUT2D eigenvalue weighted by Gasteiger charge is -2.16. The predicted molar refractivity (Wildman–Crippen MR) is 142 cm³/mol. The van der Waals surface area contributed by atoms with Crippen LogP contribution in [0.15, 0.2) is 72.9 Å². The van der Waals surface area contributed by atoms with Crippen molar-refractivity contribution in [2.24, 2.45) is 0 Å². The highest BCUT2D eigenvalue weighted by Gasteiger charge is 2.18. The molecule has 190 valence electrons. The Morgan fingerprint density at radius 3 is 2.68 bits per heavy atom. The van der Waals surface area contributed by atoms with Crippen LogP contribution in [0, 0.1) is 17.1 Å². The molecule has 0 aliphatic heterocycles. The number of benzene rings is 3. The molecule has 4 aromatic rings. The lowest BCUT2D eigenvalue weighted by atomic mass is 10.0. The molecule has 1 atom stereocenters. The first-order chi connectivity index (χ1) is 18.0. The number of aryl methyl sites for hydroxylation is 1. The highest BCUT2D eigenvalue weighted by atomic mass is 19.1. The van der Waals surface area contributed by atoms with Crippen LogP contribution in [0.5, 0.6) is 5.75 Å². The summed E-state index contributed by atoms with van der Waals surface area (Å²) >= 11 is 0. The van der Waals surface area contributed by atoms with Gasteiger partial charge in [0, 0.05) is 35.6 Å². The average Bonchev–Trinajstić information content (AvgIpc) is 3.27. The quantitative estimate of drug-likeness (QED) is 0.268. The van der Waals surface area contributed by atoms with Crippen molar-refractivity contribution in [3.05, 3.63) is 89.9 Å². The number of aliphatic hydroxyl groups is 1. The molecule has 1 aromatic heterocycles. The van der Waals surface area contributed by atoms with Crippen molar-refractivity contribution in [3.63, 3.8) is 0 Å². The van der Waals surface area contributed by atoms with Gasteiger partial charge in [0.15, 0.2) is 11.6 Å². The van der Waals surface area contributed by atoms with Gasteiger partial charge < -0.3 is 19.7 Å². The van der Waals surface area contributed by atoms with Crippen LogP contribution in [0.4, 0.5) is 4.39 Å². The van der Waals surface area contributed by atoms with E-state index in [1.807, 2.05) is 24.3 Å². The number of aliphatic hydroxyl groups excluding tert-OH is 1. The van der Waals surface area contributed by atoms with Crippen LogP contribution < -0.4 is 10.1 Å². The van der Waals surface area contributed by atoms with Crippen molar-refractivity contribution < 1.29 is 19.0 Å². The van der Waals surface area contributed by atoms with Crippen LogP contribution in [0.2, 0.25) is 0 Å². The number of ether oxygens (including phenoxy) is 1. The Morgan fingerprint density at radius 1 is 1.11 bits per heavy atom. The second kappa shape index (κ2) is 12.2. The number of para-hydroxylation sites is 1. The van der Waals surface area contributed by atoms with E-state index < -0.39 is 11.9 Å². The van der Waals surface area contributed by atoms with Crippen LogP contribution in [0.25, 0.3) is 22.0 Å². The molecule has 0 unspecified atom stereocenters. The number of hydrogen-bond donors (Lipinski definition) is 2. The molecule has 6 nitrogen and oxygen atoms in total. The van der Waals surface area contributed by atoms with Gasteiger partial charge in [-0.2, -0.15) is 5.26 Å². The molecule has 37 heavy (non-hydrogen) atoms. The number of hydrogen-bond acceptors (Lipinski definition) is 4. The van der Waals surface area contributed by atoms with E-state index in [4.69, 9.17) is 10.00 Å². The van der Waals surface area contributed by atoms with Gasteiger partial charge in [-0.15, -0.1) is 0 Å². The average molecular weight is 500 g/mol. The maximum absolute atomic E-state index is 14.2. The molecule has 0 aliphatic carbocycles. The normalized spacial score (nSPS) is 11.7. The predicted octanol–water partition coefficient (Wildman–Crippen LogP) is 5.48. The van der Waals surface area contributed by atoms with E-state index in [0.717, 1.165) is 35.9 Å². The molecule has 0 bridgehead atoms. The van der Waals surface area contributed by atoms with Gasteiger partial charge in [-0.25, -0.2) is 4.39 Å². The summed E-state index contributed by atoms with van der Waals surface area (Å²) in [5.41, 5.74) is 3.89. The maximum Gasteiger partial charge on any atom is 0.251 e. The smallest absolute Gasteiger partial charge is 0.251 e. The zero-order chi connectivity index (χ0) is 26.2. The Morgan fingerprint density at radius 2 is 1.92 bits per heavy atom. The van der Waals surface area contributed by atoms with E-state index in [1.54, 1.807) is 30.3 Å². The molecule has 0 fully saturated rings. The summed E-state index contributed by atoms with van der Waals surface area (Å²) < 4.78 is 21.3. The number of nitriles is 1. The summed E-state index contributed by atoms with van der Waals surface area (Å²) in [7, 11) is 1.41. The fraction of sp³-hybridized carbons (Fsp3) is 0.267. The molecule has 0 aliphatic rings. The number of nitrogens with one attached hydrogen (secondary N) is 1. The lowest BCUT2D eigenvalue weighted by Crippen LogP contribution is -2.39. The summed E-state index contributed by atoms with van der Waals surface area (Å²) in [6.45, 7) is 0.591. The van der Waals surface area contributed by atoms with Crippen molar-refractivity contribution >= 4 is 16.8 Å². The minimum atomic E-state index is -0.479. The number of aromatic nitrogens is 1. The van der Waals surface area contributed by atoms with E-state index in [2.05, 4.69) is 28.2 Å². The van der Waals surface area contributed by atoms with Gasteiger partial charge >= 0.3 is 0 Å². The molecule has 2 N–H and O–H groups in total. The number of amides is 1. The van der Waals surface area contributed by atoms with E-state index in [0.29, 0.717) is 29.5 Å². The second-order valence-corrected chi connectivity index (χ2v) is 8.97. The number of halogens is 1. The van der Waals surface area contributed by atoms with Crippen molar-refractivity contribution in [2.45, 2.75) is 38.3 Å². The van der Waals surface area contributed by atoms with Gasteiger partial charge in [0.25, 0.3) is 5.91 Å². The Kier molecular flexibility index (Phi) is 8.55. The summed E-state index contributed by atoms with van der Waals surface area (Å²) in [5, 5.41) is 22.9. The summed E-state index contributed by atoms with van der Waals surface area (Å²) in [6.07, 6.45) is 4.83. The molecule has 0 saturated carbocycles. The number of rotatable bonds is 11. The van der Waals surface area contributed by atoms with Gasteiger partial charge in [0.05, 0.1) is 25.8 Å². The molecule has 1 amide bonds. The number of carbonyl (C=O) groups is 1. The molecule has 7 heteroatoms. The molecule has 0 spiro atoms. The third kappa shape index (κ3) is 6.16. The van der Waals surface area contributed by atoms with Gasteiger partial charge in [-0.1, -0.05) is 36.4 Å². The van der Waals surface area contributed by atoms with Crippen LogP contribution in [0.3, 0.4) is 0 Å². The Hall–Kier alpha value is -4.15. The van der Waals surface area contributed by atoms with Crippen LogP contribution >= 0.6 is 0 Å². The van der Waals surface area contributed by atoms with Gasteiger partial charge in [0.2, 0.25) is 0 Å². The van der Waals surface area contributed by atoms with Gasteiger partial charge in [0.1, 0.15) is 0 Å². The van der Waals surface area contributed by atoms with Crippen LogP contribution in [-0.2, 0) is 13.0 Å². The number of fused-ring (bicyclic) bond motifs is 1. The Bertz CT molecular complexity index is 1420. The van der Waals surface area contributed by atoms with E-state index in [1.165, 1.54) is 13.2 Å². The van der Waals surface area contributed by atoms with E-state index in [9.17, 15) is 14.3 Å². The van der Waals surface area contributed by atoms with E-state index >= 15 is 0 Å². The van der Waals surface area contributed by atoms with Crippen LogP contribution in [-0.4, -0.2) is 35.3 Å². The fourth-order valence-electron chi connectivity index (χ4n) is 4.54. The van der Waals surface area contributed by atoms with Gasteiger partial charge in [-0.3, -0.25) is 4.79 Å².